The first-order chi connectivity index (χ1) is 19.0. The van der Waals surface area contributed by atoms with Crippen LogP contribution in [0, 0.1) is 0 Å². The van der Waals surface area contributed by atoms with Crippen LogP contribution < -0.4 is 0 Å². The lowest BCUT2D eigenvalue weighted by Crippen LogP contribution is -2.11. The maximum absolute atomic E-state index is 12.2. The Morgan fingerprint density at radius 3 is 1.72 bits per heavy atom. The fourth-order valence-electron chi connectivity index (χ4n) is 3.36. The van der Waals surface area contributed by atoms with E-state index < -0.39 is 0 Å². The number of benzene rings is 2. The number of carbonyl (C=O) groups is 1. The van der Waals surface area contributed by atoms with Crippen molar-refractivity contribution >= 4 is 34.2 Å². The molecule has 1 N–H and O–H groups in total. The summed E-state index contributed by atoms with van der Waals surface area (Å²) < 4.78 is 2.76. The summed E-state index contributed by atoms with van der Waals surface area (Å²) in [6.07, 6.45) is 0. The second-order valence-electron chi connectivity index (χ2n) is 7.84. The first-order valence-corrected chi connectivity index (χ1v) is 13.0. The molecule has 0 amide bonds. The molecule has 6 rings (SSSR count). The number of oxime groups is 1. The predicted octanol–water partition coefficient (Wildman–Crippen LogP) is 3.12. The monoisotopic (exact) mass is 557 g/mol. The molecule has 6 aromatic rings. The lowest BCUT2D eigenvalue weighted by molar-refractivity contribution is 0.102. The Kier molecular flexibility index (Phi) is 7.60. The van der Waals surface area contributed by atoms with E-state index in [0.717, 1.165) is 21.1 Å². The Balaban J connectivity index is 0.000000158. The van der Waals surface area contributed by atoms with Gasteiger partial charge in [0.2, 0.25) is 11.6 Å². The summed E-state index contributed by atoms with van der Waals surface area (Å²) in [6, 6.07) is 19.5. The van der Waals surface area contributed by atoms with E-state index in [4.69, 9.17) is 0 Å². The maximum atomic E-state index is 12.2. The van der Waals surface area contributed by atoms with E-state index in [2.05, 4.69) is 46.2 Å². The third kappa shape index (κ3) is 5.63. The van der Waals surface area contributed by atoms with Gasteiger partial charge < -0.3 is 5.21 Å². The van der Waals surface area contributed by atoms with Gasteiger partial charge in [0.1, 0.15) is 21.4 Å². The van der Waals surface area contributed by atoms with E-state index in [9.17, 15) is 10.0 Å². The van der Waals surface area contributed by atoms with Gasteiger partial charge in [0, 0.05) is 36.0 Å². The van der Waals surface area contributed by atoms with E-state index in [0.29, 0.717) is 17.2 Å². The standard InChI is InChI=1S/C12H10N6OS.C12H9N5OS/c1-18-11(14-16-17-18)10(15-19)9-7-20-12(13-9)8-5-3-2-4-6-8;1-17-11(14-15-16-17)10(18)9-7-19-12(13-9)8-5-3-2-4-6-8/h2-7,19H,1H3;2-7H,1H3/b15-10+;. The fourth-order valence-corrected chi connectivity index (χ4v) is 4.98. The molecule has 39 heavy (non-hydrogen) atoms. The molecule has 0 aliphatic rings. The summed E-state index contributed by atoms with van der Waals surface area (Å²) in [5, 5.41) is 39.5. The van der Waals surface area contributed by atoms with Gasteiger partial charge in [-0.15, -0.1) is 32.9 Å². The highest BCUT2D eigenvalue weighted by Crippen LogP contribution is 2.25. The molecule has 0 spiro atoms. The number of aromatic nitrogens is 10. The maximum Gasteiger partial charge on any atom is 0.251 e. The third-order valence-electron chi connectivity index (χ3n) is 5.28. The van der Waals surface area contributed by atoms with Crippen molar-refractivity contribution in [2.75, 3.05) is 0 Å². The van der Waals surface area contributed by atoms with Crippen LogP contribution in [0.1, 0.15) is 27.8 Å². The number of tetrazole rings is 2. The Labute approximate surface area is 229 Å². The Bertz CT molecular complexity index is 1720. The van der Waals surface area contributed by atoms with Gasteiger partial charge in [-0.3, -0.25) is 4.79 Å². The number of thiazole rings is 2. The highest BCUT2D eigenvalue weighted by molar-refractivity contribution is 7.13. The SMILES string of the molecule is Cn1nnnc1/C(=N/O)c1csc(-c2ccccc2)n1.Cn1nnnc1C(=O)c1csc(-c2ccccc2)n1. The van der Waals surface area contributed by atoms with Gasteiger partial charge in [-0.2, -0.15) is 0 Å². The van der Waals surface area contributed by atoms with E-state index in [-0.39, 0.29) is 17.3 Å². The van der Waals surface area contributed by atoms with Crippen molar-refractivity contribution in [2.24, 2.45) is 19.3 Å². The van der Waals surface area contributed by atoms with E-state index in [1.807, 2.05) is 66.0 Å². The zero-order chi connectivity index (χ0) is 27.2. The molecule has 0 saturated heterocycles. The first-order valence-electron chi connectivity index (χ1n) is 11.3. The number of ketones is 1. The fraction of sp³-hybridized carbons (Fsp3) is 0.0833. The van der Waals surface area contributed by atoms with Crippen molar-refractivity contribution in [3.05, 3.63) is 94.5 Å². The van der Waals surface area contributed by atoms with Crippen LogP contribution >= 0.6 is 22.7 Å². The molecule has 0 aliphatic heterocycles. The van der Waals surface area contributed by atoms with Gasteiger partial charge in [-0.05, 0) is 20.9 Å². The van der Waals surface area contributed by atoms with Crippen LogP contribution in [0.2, 0.25) is 0 Å². The highest BCUT2D eigenvalue weighted by Gasteiger charge is 2.20. The van der Waals surface area contributed by atoms with Gasteiger partial charge >= 0.3 is 0 Å². The molecule has 13 nitrogen and oxygen atoms in total. The number of nitrogens with zero attached hydrogens (tertiary/aromatic N) is 11. The minimum absolute atomic E-state index is 0.185. The molecule has 0 fully saturated rings. The zero-order valence-corrected chi connectivity index (χ0v) is 22.2. The number of hydrogen-bond donors (Lipinski definition) is 1. The average Bonchev–Trinajstić information content (AvgIpc) is 3.79. The van der Waals surface area contributed by atoms with Gasteiger partial charge in [-0.1, -0.05) is 65.8 Å². The quantitative estimate of drug-likeness (QED) is 0.139. The van der Waals surface area contributed by atoms with Crippen molar-refractivity contribution in [3.63, 3.8) is 0 Å². The van der Waals surface area contributed by atoms with E-state index in [1.165, 1.54) is 32.0 Å². The van der Waals surface area contributed by atoms with Crippen LogP contribution in [0.15, 0.2) is 76.6 Å². The summed E-state index contributed by atoms with van der Waals surface area (Å²) in [6.45, 7) is 0. The minimum Gasteiger partial charge on any atom is -0.410 e. The van der Waals surface area contributed by atoms with Crippen LogP contribution in [-0.4, -0.2) is 67.1 Å². The molecule has 4 aromatic heterocycles. The predicted molar refractivity (Wildman–Crippen MR) is 144 cm³/mol. The summed E-state index contributed by atoms with van der Waals surface area (Å²) in [7, 11) is 3.29. The number of aryl methyl sites for hydroxylation is 2. The summed E-state index contributed by atoms with van der Waals surface area (Å²) in [5.74, 6) is 0.272. The van der Waals surface area contributed by atoms with Gasteiger partial charge in [0.25, 0.3) is 5.78 Å². The summed E-state index contributed by atoms with van der Waals surface area (Å²) >= 11 is 2.89. The molecular weight excluding hydrogens is 538 g/mol. The molecule has 0 saturated carbocycles. The Morgan fingerprint density at radius 2 is 1.23 bits per heavy atom. The van der Waals surface area contributed by atoms with Crippen LogP contribution in [0.4, 0.5) is 0 Å². The lowest BCUT2D eigenvalue weighted by Gasteiger charge is -1.98. The molecule has 0 aliphatic carbocycles. The normalized spacial score (nSPS) is 11.2. The number of rotatable bonds is 6. The van der Waals surface area contributed by atoms with Crippen molar-refractivity contribution in [3.8, 4) is 21.1 Å². The molecule has 0 unspecified atom stereocenters. The van der Waals surface area contributed by atoms with Crippen molar-refractivity contribution < 1.29 is 10.0 Å². The molecule has 194 valence electrons. The van der Waals surface area contributed by atoms with E-state index in [1.54, 1.807) is 19.5 Å². The second-order valence-corrected chi connectivity index (χ2v) is 9.55. The minimum atomic E-state index is -0.272. The molecule has 0 bridgehead atoms. The zero-order valence-electron chi connectivity index (χ0n) is 20.5. The molecule has 0 atom stereocenters. The topological polar surface area (TPSA) is 163 Å². The van der Waals surface area contributed by atoms with E-state index >= 15 is 0 Å². The first kappa shape index (κ1) is 25.6. The van der Waals surface area contributed by atoms with Gasteiger partial charge in [0.15, 0.2) is 5.71 Å². The highest BCUT2D eigenvalue weighted by atomic mass is 32.1. The van der Waals surface area contributed by atoms with Crippen molar-refractivity contribution in [2.45, 2.75) is 0 Å². The van der Waals surface area contributed by atoms with Crippen molar-refractivity contribution in [1.29, 1.82) is 0 Å². The van der Waals surface area contributed by atoms with Crippen LogP contribution in [-0.2, 0) is 14.1 Å². The Morgan fingerprint density at radius 1 is 0.744 bits per heavy atom. The largest absolute Gasteiger partial charge is 0.410 e. The lowest BCUT2D eigenvalue weighted by atomic mass is 10.2. The van der Waals surface area contributed by atoms with Gasteiger partial charge in [-0.25, -0.2) is 19.3 Å². The molecule has 4 heterocycles. The molecular formula is C24H19N11O2S2. The average molecular weight is 558 g/mol. The molecule has 2 aromatic carbocycles. The molecule has 0 radical (unpaired) electrons. The third-order valence-corrected chi connectivity index (χ3v) is 7.06. The van der Waals surface area contributed by atoms with Crippen molar-refractivity contribution in [1.82, 2.24) is 50.4 Å². The Hall–Kier alpha value is -5.02. The van der Waals surface area contributed by atoms with Crippen LogP contribution in [0.5, 0.6) is 0 Å². The van der Waals surface area contributed by atoms with Gasteiger partial charge in [0.05, 0.1) is 0 Å². The second kappa shape index (κ2) is 11.6. The molecule has 15 heteroatoms. The smallest absolute Gasteiger partial charge is 0.251 e. The summed E-state index contributed by atoms with van der Waals surface area (Å²) in [5.41, 5.74) is 3.15. The number of hydrogen-bond acceptors (Lipinski definition) is 13. The summed E-state index contributed by atoms with van der Waals surface area (Å²) in [4.78, 5) is 21.0. The van der Waals surface area contributed by atoms with Crippen LogP contribution in [0.25, 0.3) is 21.1 Å². The number of carbonyl (C=O) groups excluding carboxylic acids is 1. The van der Waals surface area contributed by atoms with Crippen LogP contribution in [0.3, 0.4) is 0 Å².